The van der Waals surface area contributed by atoms with Crippen LogP contribution >= 0.6 is 11.8 Å². The third kappa shape index (κ3) is 5.21. The van der Waals surface area contributed by atoms with Crippen molar-refractivity contribution in [2.45, 2.75) is 87.9 Å². The molecule has 5 N–H and O–H groups in total. The zero-order chi connectivity index (χ0) is 20.4. The molecule has 2 aliphatic heterocycles. The number of thioether (sulfide) groups is 1. The van der Waals surface area contributed by atoms with Crippen LogP contribution in [0, 0.1) is 17.8 Å². The highest BCUT2D eigenvalue weighted by Crippen LogP contribution is 2.38. The van der Waals surface area contributed by atoms with Crippen LogP contribution in [-0.4, -0.2) is 76.0 Å². The van der Waals surface area contributed by atoms with Crippen molar-refractivity contribution in [2.24, 2.45) is 17.8 Å². The third-order valence-corrected chi connectivity index (χ3v) is 7.27. The molecule has 0 spiro atoms. The lowest BCUT2D eigenvalue weighted by Crippen LogP contribution is -2.65. The number of carbonyl (C=O) groups excluding carboxylic acids is 1. The minimum atomic E-state index is -1.30. The largest absolute Gasteiger partial charge is 0.388 e. The topological polar surface area (TPSA) is 111 Å². The van der Waals surface area contributed by atoms with Crippen LogP contribution in [0.2, 0.25) is 0 Å². The smallest absolute Gasteiger partial charge is 0.237 e. The lowest BCUT2D eigenvalue weighted by Gasteiger charge is -2.44. The van der Waals surface area contributed by atoms with Gasteiger partial charge in [-0.1, -0.05) is 26.7 Å². The molecule has 0 aromatic rings. The molecule has 0 aromatic carbocycles. The van der Waals surface area contributed by atoms with Crippen molar-refractivity contribution in [2.75, 3.05) is 12.8 Å². The van der Waals surface area contributed by atoms with Gasteiger partial charge >= 0.3 is 0 Å². The van der Waals surface area contributed by atoms with Gasteiger partial charge in [0.2, 0.25) is 5.91 Å². The lowest BCUT2D eigenvalue weighted by molar-refractivity contribution is -0.208. The van der Waals surface area contributed by atoms with Gasteiger partial charge in [-0.3, -0.25) is 4.79 Å². The highest BCUT2D eigenvalue weighted by molar-refractivity contribution is 7.99. The maximum Gasteiger partial charge on any atom is 0.237 e. The van der Waals surface area contributed by atoms with E-state index in [1.165, 1.54) is 31.0 Å². The molecular weight excluding hydrogens is 380 g/mol. The van der Waals surface area contributed by atoms with Gasteiger partial charge in [0.1, 0.15) is 29.9 Å². The molecule has 1 unspecified atom stereocenters. The summed E-state index contributed by atoms with van der Waals surface area (Å²) in [5.41, 5.74) is -0.641. The Morgan fingerprint density at radius 1 is 1.14 bits per heavy atom. The fourth-order valence-corrected chi connectivity index (χ4v) is 5.17. The fourth-order valence-electron chi connectivity index (χ4n) is 4.49. The van der Waals surface area contributed by atoms with Crippen molar-refractivity contribution in [1.29, 1.82) is 0 Å². The van der Waals surface area contributed by atoms with Gasteiger partial charge in [-0.05, 0) is 49.8 Å². The van der Waals surface area contributed by atoms with Gasteiger partial charge in [-0.15, -0.1) is 11.8 Å². The molecular formula is C20H36N2O5S. The van der Waals surface area contributed by atoms with Gasteiger partial charge in [-0.25, -0.2) is 0 Å². The first-order valence-corrected chi connectivity index (χ1v) is 11.9. The Kier molecular flexibility index (Phi) is 7.66. The number of nitrogens with one attached hydrogen (secondary N) is 2. The highest BCUT2D eigenvalue weighted by atomic mass is 32.2. The molecule has 8 heteroatoms. The lowest BCUT2D eigenvalue weighted by atomic mass is 9.86. The summed E-state index contributed by atoms with van der Waals surface area (Å²) in [6.45, 7) is 4.76. The summed E-state index contributed by atoms with van der Waals surface area (Å²) in [5.74, 6) is 1.38. The molecule has 0 bridgehead atoms. The van der Waals surface area contributed by atoms with Crippen LogP contribution < -0.4 is 10.6 Å². The van der Waals surface area contributed by atoms with E-state index in [1.807, 2.05) is 13.8 Å². The summed E-state index contributed by atoms with van der Waals surface area (Å²) < 4.78 is 5.89. The zero-order valence-electron chi connectivity index (χ0n) is 17.1. The average molecular weight is 417 g/mol. The molecule has 3 fully saturated rings. The number of hydrogen-bond acceptors (Lipinski definition) is 7. The van der Waals surface area contributed by atoms with Gasteiger partial charge in [0, 0.05) is 0 Å². The molecule has 1 aliphatic carbocycles. The second kappa shape index (κ2) is 9.62. The molecule has 2 heterocycles. The molecule has 7 nitrogen and oxygen atoms in total. The first kappa shape index (κ1) is 22.3. The van der Waals surface area contributed by atoms with Crippen LogP contribution in [0.15, 0.2) is 0 Å². The standard InChI is InChI=1S/C20H36N2O5S/c1-10(2)14(18-16(24)15(23)17(25)20(27-18)28-3)22-19(26)13-9-12(6-7-21-13)8-11-4-5-11/h10-18,20-21,23-25H,4-9H2,1-3H3,(H,22,26)/t12-,13-,14+,15-,16+,17+,18?,20+/m0/s1. The Hall–Kier alpha value is -0.380. The Bertz CT molecular complexity index is 531. The number of carbonyl (C=O) groups is 1. The number of aliphatic hydroxyl groups excluding tert-OH is 3. The monoisotopic (exact) mass is 416 g/mol. The number of rotatable bonds is 7. The molecule has 0 aromatic heterocycles. The van der Waals surface area contributed by atoms with Crippen LogP contribution in [0.5, 0.6) is 0 Å². The Morgan fingerprint density at radius 3 is 2.46 bits per heavy atom. The second-order valence-electron chi connectivity index (χ2n) is 9.03. The Morgan fingerprint density at radius 2 is 1.86 bits per heavy atom. The van der Waals surface area contributed by atoms with Crippen LogP contribution in [0.4, 0.5) is 0 Å². The minimum Gasteiger partial charge on any atom is -0.388 e. The number of hydrogen-bond donors (Lipinski definition) is 5. The first-order chi connectivity index (χ1) is 13.3. The predicted octanol–water partition coefficient (Wildman–Crippen LogP) is 0.466. The van der Waals surface area contributed by atoms with E-state index >= 15 is 0 Å². The average Bonchev–Trinajstić information content (AvgIpc) is 3.49. The molecule has 2 saturated heterocycles. The number of amides is 1. The molecule has 3 rings (SSSR count). The number of aliphatic hydroxyl groups is 3. The van der Waals surface area contributed by atoms with Crippen molar-refractivity contribution < 1.29 is 24.9 Å². The summed E-state index contributed by atoms with van der Waals surface area (Å²) in [7, 11) is 0. The summed E-state index contributed by atoms with van der Waals surface area (Å²) in [4.78, 5) is 13.0. The highest BCUT2D eigenvalue weighted by Gasteiger charge is 2.47. The zero-order valence-corrected chi connectivity index (χ0v) is 17.9. The van der Waals surface area contributed by atoms with E-state index in [4.69, 9.17) is 4.74 Å². The van der Waals surface area contributed by atoms with Crippen LogP contribution in [0.25, 0.3) is 0 Å². The third-order valence-electron chi connectivity index (χ3n) is 6.41. The molecule has 8 atom stereocenters. The molecule has 3 aliphatic rings. The second-order valence-corrected chi connectivity index (χ2v) is 9.97. The van der Waals surface area contributed by atoms with E-state index in [1.54, 1.807) is 6.26 Å². The Balaban J connectivity index is 1.63. The number of ether oxygens (including phenoxy) is 1. The quantitative estimate of drug-likeness (QED) is 0.410. The minimum absolute atomic E-state index is 0.000555. The predicted molar refractivity (Wildman–Crippen MR) is 109 cm³/mol. The normalized spacial score (nSPS) is 40.3. The summed E-state index contributed by atoms with van der Waals surface area (Å²) in [6.07, 6.45) is 3.15. The van der Waals surface area contributed by atoms with Gasteiger partial charge in [-0.2, -0.15) is 0 Å². The summed E-state index contributed by atoms with van der Waals surface area (Å²) >= 11 is 1.28. The maximum atomic E-state index is 13.0. The van der Waals surface area contributed by atoms with Gasteiger partial charge in [0.15, 0.2) is 0 Å². The van der Waals surface area contributed by atoms with Gasteiger partial charge in [0.25, 0.3) is 0 Å². The van der Waals surface area contributed by atoms with Gasteiger partial charge in [0.05, 0.1) is 12.1 Å². The molecule has 1 amide bonds. The van der Waals surface area contributed by atoms with E-state index in [0.717, 1.165) is 25.3 Å². The summed E-state index contributed by atoms with van der Waals surface area (Å²) in [5, 5.41) is 37.2. The molecule has 0 radical (unpaired) electrons. The van der Waals surface area contributed by atoms with Crippen LogP contribution in [0.3, 0.4) is 0 Å². The van der Waals surface area contributed by atoms with Crippen LogP contribution in [0.1, 0.15) is 46.0 Å². The summed E-state index contributed by atoms with van der Waals surface area (Å²) in [6, 6.07) is -0.684. The first-order valence-electron chi connectivity index (χ1n) is 10.6. The van der Waals surface area contributed by atoms with E-state index in [2.05, 4.69) is 10.6 Å². The SMILES string of the molecule is CS[C@H]1OC([C@H](NC(=O)[C@@H]2C[C@H](CC3CC3)CCN2)C(C)C)[C@H](O)[C@H](O)[C@H]1O. The van der Waals surface area contributed by atoms with Gasteiger partial charge < -0.3 is 30.7 Å². The molecule has 28 heavy (non-hydrogen) atoms. The molecule has 162 valence electrons. The fraction of sp³-hybridized carbons (Fsp3) is 0.950. The molecule has 1 saturated carbocycles. The van der Waals surface area contributed by atoms with Crippen molar-refractivity contribution in [3.8, 4) is 0 Å². The number of piperidine rings is 1. The maximum absolute atomic E-state index is 13.0. The van der Waals surface area contributed by atoms with Crippen molar-refractivity contribution in [1.82, 2.24) is 10.6 Å². The van der Waals surface area contributed by atoms with E-state index in [-0.39, 0.29) is 17.9 Å². The van der Waals surface area contributed by atoms with Crippen molar-refractivity contribution in [3.63, 3.8) is 0 Å². The van der Waals surface area contributed by atoms with Crippen molar-refractivity contribution >= 4 is 17.7 Å². The Labute approximate surface area is 172 Å². The van der Waals surface area contributed by atoms with Crippen LogP contribution in [-0.2, 0) is 9.53 Å². The van der Waals surface area contributed by atoms with E-state index in [9.17, 15) is 20.1 Å². The van der Waals surface area contributed by atoms with Crippen molar-refractivity contribution in [3.05, 3.63) is 0 Å². The van der Waals surface area contributed by atoms with E-state index in [0.29, 0.717) is 5.92 Å². The van der Waals surface area contributed by atoms with E-state index < -0.39 is 35.9 Å².